The minimum atomic E-state index is -0.269. The summed E-state index contributed by atoms with van der Waals surface area (Å²) in [6, 6.07) is 24.0. The van der Waals surface area contributed by atoms with Crippen molar-refractivity contribution in [1.82, 2.24) is 15.1 Å². The Morgan fingerprint density at radius 1 is 0.848 bits per heavy atom. The van der Waals surface area contributed by atoms with E-state index >= 15 is 0 Å². The second-order valence-corrected chi connectivity index (χ2v) is 7.96. The number of halogens is 1. The Morgan fingerprint density at radius 3 is 2.27 bits per heavy atom. The molecule has 0 saturated carbocycles. The fraction of sp³-hybridized carbons (Fsp3) is 0.231. The molecule has 6 nitrogen and oxygen atoms in total. The molecule has 5 rings (SSSR count). The van der Waals surface area contributed by atoms with E-state index in [9.17, 15) is 4.39 Å². The Hall–Kier alpha value is -3.71. The predicted molar refractivity (Wildman–Crippen MR) is 125 cm³/mol. The maximum atomic E-state index is 13.6. The van der Waals surface area contributed by atoms with Crippen molar-refractivity contribution >= 4 is 5.69 Å². The molecular formula is C26H25FN4O2. The van der Waals surface area contributed by atoms with Crippen LogP contribution in [0.1, 0.15) is 17.5 Å². The van der Waals surface area contributed by atoms with Crippen LogP contribution in [0.2, 0.25) is 0 Å². The molecule has 1 saturated heterocycles. The molecule has 0 amide bonds. The van der Waals surface area contributed by atoms with Gasteiger partial charge in [0, 0.05) is 31.7 Å². The maximum Gasteiger partial charge on any atom is 0.247 e. The molecule has 1 fully saturated rings. The summed E-state index contributed by atoms with van der Waals surface area (Å²) in [6.45, 7) is 3.20. The van der Waals surface area contributed by atoms with E-state index in [1.54, 1.807) is 19.2 Å². The molecule has 168 valence electrons. The van der Waals surface area contributed by atoms with E-state index in [0.29, 0.717) is 11.8 Å². The number of para-hydroxylation sites is 2. The van der Waals surface area contributed by atoms with Crippen molar-refractivity contribution in [2.45, 2.75) is 6.04 Å². The fourth-order valence-electron chi connectivity index (χ4n) is 4.31. The number of hydrogen-bond donors (Lipinski definition) is 0. The van der Waals surface area contributed by atoms with Gasteiger partial charge in [0.25, 0.3) is 0 Å². The highest BCUT2D eigenvalue weighted by atomic mass is 19.1. The zero-order chi connectivity index (χ0) is 22.6. The first-order valence-electron chi connectivity index (χ1n) is 11.0. The molecule has 0 radical (unpaired) electrons. The normalized spacial score (nSPS) is 15.4. The van der Waals surface area contributed by atoms with Crippen molar-refractivity contribution in [1.29, 1.82) is 0 Å². The Kier molecular flexibility index (Phi) is 6.04. The molecule has 0 N–H and O–H groups in total. The van der Waals surface area contributed by atoms with Crippen LogP contribution in [0, 0.1) is 5.82 Å². The van der Waals surface area contributed by atoms with E-state index in [0.717, 1.165) is 48.7 Å². The summed E-state index contributed by atoms with van der Waals surface area (Å²) in [5, 5.41) is 8.67. The summed E-state index contributed by atoms with van der Waals surface area (Å²) >= 11 is 0. The Morgan fingerprint density at radius 2 is 1.55 bits per heavy atom. The van der Waals surface area contributed by atoms with Crippen LogP contribution >= 0.6 is 0 Å². The zero-order valence-corrected chi connectivity index (χ0v) is 18.4. The number of rotatable bonds is 6. The molecule has 0 bridgehead atoms. The lowest BCUT2D eigenvalue weighted by molar-refractivity contribution is 0.187. The number of benzene rings is 3. The Balaban J connectivity index is 1.42. The average Bonchev–Trinajstić information content (AvgIpc) is 3.36. The van der Waals surface area contributed by atoms with Gasteiger partial charge < -0.3 is 14.1 Å². The van der Waals surface area contributed by atoms with Crippen LogP contribution in [0.25, 0.3) is 11.5 Å². The lowest BCUT2D eigenvalue weighted by Crippen LogP contribution is -2.48. The minimum Gasteiger partial charge on any atom is -0.495 e. The van der Waals surface area contributed by atoms with Crippen LogP contribution in [-0.4, -0.2) is 48.4 Å². The van der Waals surface area contributed by atoms with Gasteiger partial charge in [0.05, 0.1) is 12.8 Å². The number of ether oxygens (including phenoxy) is 1. The van der Waals surface area contributed by atoms with Crippen molar-refractivity contribution in [2.24, 2.45) is 0 Å². The molecule has 0 unspecified atom stereocenters. The van der Waals surface area contributed by atoms with Crippen molar-refractivity contribution < 1.29 is 13.5 Å². The number of piperazine rings is 1. The quantitative estimate of drug-likeness (QED) is 0.426. The van der Waals surface area contributed by atoms with Crippen molar-refractivity contribution in [3.8, 4) is 17.2 Å². The van der Waals surface area contributed by atoms with Crippen LogP contribution < -0.4 is 9.64 Å². The molecular weight excluding hydrogens is 419 g/mol. The van der Waals surface area contributed by atoms with Gasteiger partial charge in [-0.2, -0.15) is 0 Å². The van der Waals surface area contributed by atoms with Gasteiger partial charge in [-0.3, -0.25) is 4.90 Å². The third-order valence-corrected chi connectivity index (χ3v) is 5.99. The van der Waals surface area contributed by atoms with Crippen molar-refractivity contribution in [2.75, 3.05) is 38.2 Å². The van der Waals surface area contributed by atoms with Gasteiger partial charge in [-0.05, 0) is 42.0 Å². The molecule has 1 aliphatic heterocycles. The molecule has 0 aliphatic carbocycles. The smallest absolute Gasteiger partial charge is 0.247 e. The van der Waals surface area contributed by atoms with E-state index in [1.165, 1.54) is 12.1 Å². The summed E-state index contributed by atoms with van der Waals surface area (Å²) < 4.78 is 25.3. The first-order chi connectivity index (χ1) is 16.2. The average molecular weight is 445 g/mol. The standard InChI is InChI=1S/C26H25FN4O2/c1-32-23-10-6-5-9-22(23)30-15-17-31(18-16-30)24(19-11-13-21(27)14-12-19)26-29-28-25(33-26)20-7-3-2-4-8-20/h2-14,24H,15-18H2,1H3/t24-/m0/s1. The second-order valence-electron chi connectivity index (χ2n) is 7.96. The van der Waals surface area contributed by atoms with Gasteiger partial charge in [0.1, 0.15) is 17.6 Å². The molecule has 4 aromatic rings. The molecule has 1 atom stereocenters. The summed E-state index contributed by atoms with van der Waals surface area (Å²) in [6.07, 6.45) is 0. The van der Waals surface area contributed by atoms with Crippen LogP contribution in [0.3, 0.4) is 0 Å². The molecule has 1 aromatic heterocycles. The van der Waals surface area contributed by atoms with Gasteiger partial charge in [-0.15, -0.1) is 10.2 Å². The Labute approximate surface area is 192 Å². The molecule has 0 spiro atoms. The molecule has 7 heteroatoms. The van der Waals surface area contributed by atoms with E-state index in [4.69, 9.17) is 9.15 Å². The highest BCUT2D eigenvalue weighted by molar-refractivity contribution is 5.58. The lowest BCUT2D eigenvalue weighted by atomic mass is 10.0. The van der Waals surface area contributed by atoms with Gasteiger partial charge in [0.2, 0.25) is 11.8 Å². The van der Waals surface area contributed by atoms with E-state index in [1.807, 2.05) is 48.5 Å². The van der Waals surface area contributed by atoms with Crippen molar-refractivity contribution in [3.63, 3.8) is 0 Å². The number of hydrogen-bond acceptors (Lipinski definition) is 6. The Bertz CT molecular complexity index is 1190. The second kappa shape index (κ2) is 9.42. The zero-order valence-electron chi connectivity index (χ0n) is 18.4. The summed E-state index contributed by atoms with van der Waals surface area (Å²) in [4.78, 5) is 4.63. The van der Waals surface area contributed by atoms with E-state index < -0.39 is 0 Å². The first kappa shape index (κ1) is 21.2. The fourth-order valence-corrected chi connectivity index (χ4v) is 4.31. The highest BCUT2D eigenvalue weighted by Crippen LogP contribution is 2.33. The number of nitrogens with zero attached hydrogens (tertiary/aromatic N) is 4. The topological polar surface area (TPSA) is 54.6 Å². The molecule has 3 aromatic carbocycles. The SMILES string of the molecule is COc1ccccc1N1CCN([C@@H](c2ccc(F)cc2)c2nnc(-c3ccccc3)o2)CC1. The van der Waals surface area contributed by atoms with Crippen LogP contribution in [0.15, 0.2) is 83.3 Å². The third kappa shape index (κ3) is 4.45. The number of aromatic nitrogens is 2. The monoisotopic (exact) mass is 444 g/mol. The van der Waals surface area contributed by atoms with Gasteiger partial charge >= 0.3 is 0 Å². The molecule has 2 heterocycles. The number of anilines is 1. The summed E-state index contributed by atoms with van der Waals surface area (Å²) in [7, 11) is 1.69. The van der Waals surface area contributed by atoms with Crippen LogP contribution in [0.5, 0.6) is 5.75 Å². The van der Waals surface area contributed by atoms with Crippen LogP contribution in [0.4, 0.5) is 10.1 Å². The third-order valence-electron chi connectivity index (χ3n) is 5.99. The van der Waals surface area contributed by atoms with E-state index in [-0.39, 0.29) is 11.9 Å². The summed E-state index contributed by atoms with van der Waals surface area (Å²) in [5.41, 5.74) is 2.88. The maximum absolute atomic E-state index is 13.6. The van der Waals surface area contributed by atoms with Gasteiger partial charge in [0.15, 0.2) is 0 Å². The first-order valence-corrected chi connectivity index (χ1v) is 11.0. The molecule has 1 aliphatic rings. The van der Waals surface area contributed by atoms with Crippen molar-refractivity contribution in [3.05, 3.63) is 96.1 Å². The summed E-state index contributed by atoms with van der Waals surface area (Å²) in [5.74, 6) is 1.58. The van der Waals surface area contributed by atoms with Crippen LogP contribution in [-0.2, 0) is 0 Å². The minimum absolute atomic E-state index is 0.254. The van der Waals surface area contributed by atoms with Gasteiger partial charge in [-0.25, -0.2) is 4.39 Å². The highest BCUT2D eigenvalue weighted by Gasteiger charge is 2.31. The largest absolute Gasteiger partial charge is 0.495 e. The van der Waals surface area contributed by atoms with E-state index in [2.05, 4.69) is 26.1 Å². The number of methoxy groups -OCH3 is 1. The lowest BCUT2D eigenvalue weighted by Gasteiger charge is -2.39. The molecule has 33 heavy (non-hydrogen) atoms. The predicted octanol–water partition coefficient (Wildman–Crippen LogP) is 4.80. The van der Waals surface area contributed by atoms with Gasteiger partial charge in [-0.1, -0.05) is 42.5 Å².